The van der Waals surface area contributed by atoms with Crippen LogP contribution < -0.4 is 4.74 Å². The maximum Gasteiger partial charge on any atom is 0.257 e. The highest BCUT2D eigenvalue weighted by Crippen LogP contribution is 2.27. The number of halogens is 1. The van der Waals surface area contributed by atoms with E-state index in [1.54, 1.807) is 14.0 Å². The van der Waals surface area contributed by atoms with Crippen LogP contribution in [0.2, 0.25) is 0 Å². The molecule has 3 aliphatic rings. The van der Waals surface area contributed by atoms with Crippen molar-refractivity contribution in [1.29, 1.82) is 0 Å². The zero-order chi connectivity index (χ0) is 18.5. The predicted octanol–water partition coefficient (Wildman–Crippen LogP) is 3.28. The summed E-state index contributed by atoms with van der Waals surface area (Å²) in [6.07, 6.45) is 5.01. The number of ether oxygens (including phenoxy) is 1. The third-order valence-corrected chi connectivity index (χ3v) is 5.04. The Labute approximate surface area is 166 Å². The second kappa shape index (κ2) is 9.88. The van der Waals surface area contributed by atoms with Crippen molar-refractivity contribution in [3.63, 3.8) is 0 Å². The van der Waals surface area contributed by atoms with E-state index in [4.69, 9.17) is 9.26 Å². The smallest absolute Gasteiger partial charge is 0.257 e. The minimum Gasteiger partial charge on any atom is -0.496 e. The molecule has 0 aliphatic carbocycles. The number of aromatic nitrogens is 2. The van der Waals surface area contributed by atoms with Crippen molar-refractivity contribution in [2.24, 2.45) is 5.92 Å². The van der Waals surface area contributed by atoms with Crippen LogP contribution in [0.15, 0.2) is 35.4 Å². The number of rotatable bonds is 4. The number of aliphatic hydroxyl groups is 1. The highest BCUT2D eigenvalue weighted by atomic mass is 35.5. The first-order chi connectivity index (χ1) is 12.6. The van der Waals surface area contributed by atoms with Crippen LogP contribution in [0, 0.1) is 12.8 Å². The summed E-state index contributed by atoms with van der Waals surface area (Å²) in [5.41, 5.74) is 1.94. The number of hydrogen-bond acceptors (Lipinski definition) is 6. The van der Waals surface area contributed by atoms with E-state index in [-0.39, 0.29) is 18.5 Å². The van der Waals surface area contributed by atoms with Crippen molar-refractivity contribution in [2.75, 3.05) is 26.7 Å². The van der Waals surface area contributed by atoms with E-state index in [0.717, 1.165) is 29.8 Å². The number of aliphatic hydroxyl groups excluding tert-OH is 1. The van der Waals surface area contributed by atoms with Crippen LogP contribution in [0.3, 0.4) is 0 Å². The second-order valence-electron chi connectivity index (χ2n) is 6.87. The fraction of sp³-hybridized carbons (Fsp3) is 0.500. The monoisotopic (exact) mass is 393 g/mol. The zero-order valence-electron chi connectivity index (χ0n) is 15.9. The highest BCUT2D eigenvalue weighted by Gasteiger charge is 2.32. The Balaban J connectivity index is 0.000000220. The van der Waals surface area contributed by atoms with Gasteiger partial charge in [-0.1, -0.05) is 11.2 Å². The van der Waals surface area contributed by atoms with Gasteiger partial charge in [0.1, 0.15) is 5.75 Å². The van der Waals surface area contributed by atoms with Crippen LogP contribution in [-0.2, 0) is 6.42 Å². The summed E-state index contributed by atoms with van der Waals surface area (Å²) in [7, 11) is 1.65. The molecule has 3 saturated heterocycles. The van der Waals surface area contributed by atoms with E-state index in [0.29, 0.717) is 17.6 Å². The lowest BCUT2D eigenvalue weighted by Gasteiger charge is -2.42. The van der Waals surface area contributed by atoms with Gasteiger partial charge in [0, 0.05) is 12.1 Å². The number of benzene rings is 1. The Morgan fingerprint density at radius 2 is 2.11 bits per heavy atom. The number of methoxy groups -OCH3 is 1. The summed E-state index contributed by atoms with van der Waals surface area (Å²) < 4.78 is 10.4. The van der Waals surface area contributed by atoms with Crippen LogP contribution >= 0.6 is 12.4 Å². The highest BCUT2D eigenvalue weighted by molar-refractivity contribution is 5.85. The van der Waals surface area contributed by atoms with Crippen LogP contribution in [0.25, 0.3) is 11.5 Å². The minimum atomic E-state index is -0.00694. The molecule has 2 bridgehead atoms. The van der Waals surface area contributed by atoms with Gasteiger partial charge in [0.2, 0.25) is 0 Å². The Morgan fingerprint density at radius 3 is 2.56 bits per heavy atom. The van der Waals surface area contributed by atoms with Crippen LogP contribution in [0.1, 0.15) is 24.2 Å². The van der Waals surface area contributed by atoms with Crippen molar-refractivity contribution >= 4 is 12.4 Å². The first kappa shape index (κ1) is 21.4. The van der Waals surface area contributed by atoms with E-state index in [2.05, 4.69) is 21.6 Å². The molecule has 3 fully saturated rings. The van der Waals surface area contributed by atoms with Crippen molar-refractivity contribution < 1.29 is 14.4 Å². The lowest BCUT2D eigenvalue weighted by molar-refractivity contribution is -0.0227. The molecular weight excluding hydrogens is 366 g/mol. The predicted molar refractivity (Wildman–Crippen MR) is 107 cm³/mol. The van der Waals surface area contributed by atoms with E-state index in [1.165, 1.54) is 25.9 Å². The molecule has 1 aromatic carbocycles. The molecule has 6 nitrogen and oxygen atoms in total. The molecular formula is C20H28ClN3O3. The summed E-state index contributed by atoms with van der Waals surface area (Å²) in [5, 5.41) is 13.1. The van der Waals surface area contributed by atoms with Gasteiger partial charge in [-0.2, -0.15) is 4.98 Å². The van der Waals surface area contributed by atoms with Gasteiger partial charge in [-0.3, -0.25) is 0 Å². The van der Waals surface area contributed by atoms with Crippen LogP contribution in [-0.4, -0.2) is 53.0 Å². The summed E-state index contributed by atoms with van der Waals surface area (Å²) in [6.45, 7) is 8.91. The van der Waals surface area contributed by atoms with Crippen molar-refractivity contribution in [1.82, 2.24) is 15.0 Å². The zero-order valence-corrected chi connectivity index (χ0v) is 16.7. The third-order valence-electron chi connectivity index (χ3n) is 5.04. The molecule has 148 valence electrons. The molecule has 1 aromatic heterocycles. The van der Waals surface area contributed by atoms with Crippen molar-refractivity contribution in [3.8, 4) is 17.2 Å². The molecule has 0 spiro atoms. The molecule has 4 heterocycles. The van der Waals surface area contributed by atoms with Crippen LogP contribution in [0.4, 0.5) is 0 Å². The largest absolute Gasteiger partial charge is 0.496 e. The van der Waals surface area contributed by atoms with E-state index >= 15 is 0 Å². The summed E-state index contributed by atoms with van der Waals surface area (Å²) in [4.78, 5) is 6.55. The van der Waals surface area contributed by atoms with Gasteiger partial charge in [-0.15, -0.1) is 19.0 Å². The van der Waals surface area contributed by atoms with Gasteiger partial charge in [0.15, 0.2) is 5.82 Å². The number of hydrogen-bond donors (Lipinski definition) is 1. The van der Waals surface area contributed by atoms with Gasteiger partial charge in [-0.25, -0.2) is 0 Å². The standard InChI is InChI=1S/C13H14N2O2.C7H13NO.ClH/c1-4-5-10-8-11(6-7-12(10)16-3)13-14-9(2)15-17-13;9-7-5-8-3-1-6(7)2-4-8;/h4,6-8H,1,5H2,2-3H3;6-7,9H,1-5H2;1H. The molecule has 0 saturated carbocycles. The minimum absolute atomic E-state index is 0. The molecule has 1 N–H and O–H groups in total. The molecule has 1 unspecified atom stereocenters. The first-order valence-electron chi connectivity index (χ1n) is 9.09. The fourth-order valence-electron chi connectivity index (χ4n) is 3.57. The summed E-state index contributed by atoms with van der Waals surface area (Å²) >= 11 is 0. The quantitative estimate of drug-likeness (QED) is 0.804. The summed E-state index contributed by atoms with van der Waals surface area (Å²) in [6, 6.07) is 5.78. The van der Waals surface area contributed by atoms with Crippen molar-refractivity contribution in [3.05, 3.63) is 42.2 Å². The van der Waals surface area contributed by atoms with Crippen LogP contribution in [0.5, 0.6) is 5.75 Å². The average Bonchev–Trinajstić information content (AvgIpc) is 3.10. The number of nitrogens with zero attached hydrogens (tertiary/aromatic N) is 3. The molecule has 7 heteroatoms. The molecule has 1 atom stereocenters. The molecule has 2 aromatic rings. The summed E-state index contributed by atoms with van der Waals surface area (Å²) in [5.74, 6) is 2.62. The maximum absolute atomic E-state index is 9.36. The van der Waals surface area contributed by atoms with Crippen molar-refractivity contribution in [2.45, 2.75) is 32.3 Å². The third kappa shape index (κ3) is 5.31. The van der Waals surface area contributed by atoms with Gasteiger partial charge >= 0.3 is 0 Å². The number of fused-ring (bicyclic) bond motifs is 3. The van der Waals surface area contributed by atoms with E-state index < -0.39 is 0 Å². The van der Waals surface area contributed by atoms with Gasteiger partial charge in [-0.05, 0) is 69.0 Å². The lowest BCUT2D eigenvalue weighted by atomic mass is 9.86. The van der Waals surface area contributed by atoms with Gasteiger partial charge < -0.3 is 19.3 Å². The van der Waals surface area contributed by atoms with E-state index in [9.17, 15) is 5.11 Å². The Bertz CT molecular complexity index is 742. The topological polar surface area (TPSA) is 71.6 Å². The maximum atomic E-state index is 9.36. The average molecular weight is 394 g/mol. The number of piperidine rings is 3. The van der Waals surface area contributed by atoms with E-state index in [1.807, 2.05) is 24.3 Å². The number of allylic oxidation sites excluding steroid dienone is 1. The second-order valence-corrected chi connectivity index (χ2v) is 6.87. The van der Waals surface area contributed by atoms with Gasteiger partial charge in [0.05, 0.1) is 13.2 Å². The first-order valence-corrected chi connectivity index (χ1v) is 9.09. The SMILES string of the molecule is C=CCc1cc(-c2nc(C)no2)ccc1OC.Cl.OC1CN2CCC1CC2. The Kier molecular flexibility index (Phi) is 7.83. The molecule has 3 aliphatic heterocycles. The molecule has 5 rings (SSSR count). The molecule has 0 radical (unpaired) electrons. The van der Waals surface area contributed by atoms with Gasteiger partial charge in [0.25, 0.3) is 5.89 Å². The molecule has 27 heavy (non-hydrogen) atoms. The lowest BCUT2D eigenvalue weighted by Crippen LogP contribution is -2.50. The Morgan fingerprint density at radius 1 is 1.37 bits per heavy atom. The Hall–Kier alpha value is -1.89. The molecule has 0 amide bonds. The number of aryl methyl sites for hydroxylation is 1. The normalized spacial score (nSPS) is 23.0. The fourth-order valence-corrected chi connectivity index (χ4v) is 3.57.